The SMILES string of the molecule is CCc1cc(C)c(F)cc1-c1ccc2c(-c3nc(CN4CCC(C#N)C4)cn3COCC[Si](C)(C)C)nn(COCC[Si](C)(C)C)c2c1. The van der Waals surface area contributed by atoms with E-state index in [1.54, 1.807) is 6.07 Å². The van der Waals surface area contributed by atoms with Crippen molar-refractivity contribution in [3.8, 4) is 28.7 Å². The van der Waals surface area contributed by atoms with E-state index in [-0.39, 0.29) is 11.7 Å². The van der Waals surface area contributed by atoms with E-state index in [9.17, 15) is 9.65 Å². The van der Waals surface area contributed by atoms with Crippen LogP contribution < -0.4 is 0 Å². The number of hydrogen-bond donors (Lipinski definition) is 0. The van der Waals surface area contributed by atoms with Crippen molar-refractivity contribution < 1.29 is 13.9 Å². The van der Waals surface area contributed by atoms with Crippen LogP contribution in [0.4, 0.5) is 4.39 Å². The molecule has 2 aromatic heterocycles. The summed E-state index contributed by atoms with van der Waals surface area (Å²) in [5, 5.41) is 15.5. The number of fused-ring (bicyclic) bond motifs is 1. The maximum absolute atomic E-state index is 14.9. The molecule has 0 radical (unpaired) electrons. The van der Waals surface area contributed by atoms with Gasteiger partial charge in [0, 0.05) is 54.0 Å². The quantitative estimate of drug-likeness (QED) is 0.0920. The molecule has 8 nitrogen and oxygen atoms in total. The number of aryl methyl sites for hydroxylation is 2. The summed E-state index contributed by atoms with van der Waals surface area (Å²) in [5.41, 5.74) is 6.25. The van der Waals surface area contributed by atoms with Crippen LogP contribution in [0, 0.1) is 30.0 Å². The molecule has 48 heavy (non-hydrogen) atoms. The van der Waals surface area contributed by atoms with Crippen molar-refractivity contribution in [1.29, 1.82) is 5.26 Å². The lowest BCUT2D eigenvalue weighted by molar-refractivity contribution is 0.0816. The number of ether oxygens (including phenoxy) is 2. The van der Waals surface area contributed by atoms with E-state index < -0.39 is 16.1 Å². The molecule has 258 valence electrons. The summed E-state index contributed by atoms with van der Waals surface area (Å²) < 4.78 is 31.3. The first-order valence-corrected chi connectivity index (χ1v) is 24.8. The van der Waals surface area contributed by atoms with E-state index in [4.69, 9.17) is 19.6 Å². The molecule has 2 aromatic carbocycles. The normalized spacial score (nSPS) is 15.9. The number of imidazole rings is 1. The second-order valence-electron chi connectivity index (χ2n) is 15.8. The highest BCUT2D eigenvalue weighted by molar-refractivity contribution is 6.76. The molecule has 0 spiro atoms. The average molecular weight is 689 g/mol. The Morgan fingerprint density at radius 1 is 1.00 bits per heavy atom. The Hall–Kier alpha value is -3.15. The molecule has 3 heterocycles. The van der Waals surface area contributed by atoms with Gasteiger partial charge in [-0.25, -0.2) is 14.1 Å². The predicted molar refractivity (Wildman–Crippen MR) is 198 cm³/mol. The lowest BCUT2D eigenvalue weighted by Crippen LogP contribution is -2.22. The highest BCUT2D eigenvalue weighted by Gasteiger charge is 2.25. The summed E-state index contributed by atoms with van der Waals surface area (Å²) in [6, 6.07) is 14.5. The summed E-state index contributed by atoms with van der Waals surface area (Å²) >= 11 is 0. The van der Waals surface area contributed by atoms with Crippen LogP contribution in [0.1, 0.15) is 30.2 Å². The van der Waals surface area contributed by atoms with E-state index in [0.717, 1.165) is 82.8 Å². The second-order valence-corrected chi connectivity index (χ2v) is 27.0. The molecule has 0 amide bonds. The molecule has 4 aromatic rings. The minimum absolute atomic E-state index is 0.0708. The minimum atomic E-state index is -1.26. The molecule has 1 atom stereocenters. The summed E-state index contributed by atoms with van der Waals surface area (Å²) in [6.07, 6.45) is 3.78. The fraction of sp³-hybridized carbons (Fsp3) is 0.541. The van der Waals surface area contributed by atoms with Crippen molar-refractivity contribution in [2.24, 2.45) is 5.92 Å². The molecule has 0 N–H and O–H groups in total. The molecular weight excluding hydrogens is 636 g/mol. The number of halogens is 1. The first-order valence-electron chi connectivity index (χ1n) is 17.4. The van der Waals surface area contributed by atoms with Gasteiger partial charge in [-0.1, -0.05) is 58.3 Å². The largest absolute Gasteiger partial charge is 0.361 e. The van der Waals surface area contributed by atoms with Crippen molar-refractivity contribution in [2.45, 2.75) is 98.1 Å². The molecule has 1 aliphatic heterocycles. The Bertz CT molecular complexity index is 1760. The summed E-state index contributed by atoms with van der Waals surface area (Å²) in [6.45, 7) is 22.5. The summed E-state index contributed by atoms with van der Waals surface area (Å²) in [5.74, 6) is 0.624. The van der Waals surface area contributed by atoms with Gasteiger partial charge in [-0.05, 0) is 78.9 Å². The topological polar surface area (TPSA) is 81.1 Å². The smallest absolute Gasteiger partial charge is 0.163 e. The lowest BCUT2D eigenvalue weighted by Gasteiger charge is -2.16. The molecule has 0 bridgehead atoms. The van der Waals surface area contributed by atoms with Crippen molar-refractivity contribution in [3.63, 3.8) is 0 Å². The van der Waals surface area contributed by atoms with Crippen molar-refractivity contribution >= 4 is 27.1 Å². The number of hydrogen-bond acceptors (Lipinski definition) is 6. The van der Waals surface area contributed by atoms with E-state index >= 15 is 0 Å². The summed E-state index contributed by atoms with van der Waals surface area (Å²) in [4.78, 5) is 7.45. The van der Waals surface area contributed by atoms with Crippen molar-refractivity contribution in [1.82, 2.24) is 24.2 Å². The third-order valence-electron chi connectivity index (χ3n) is 9.14. The zero-order valence-electron chi connectivity index (χ0n) is 30.2. The van der Waals surface area contributed by atoms with Gasteiger partial charge in [-0.15, -0.1) is 0 Å². The van der Waals surface area contributed by atoms with Crippen LogP contribution in [-0.2, 0) is 35.9 Å². The zero-order chi connectivity index (χ0) is 34.6. The van der Waals surface area contributed by atoms with Crippen LogP contribution in [-0.4, -0.2) is 66.7 Å². The highest BCUT2D eigenvalue weighted by atomic mass is 28.3. The highest BCUT2D eigenvalue weighted by Crippen LogP contribution is 2.34. The fourth-order valence-corrected chi connectivity index (χ4v) is 7.64. The number of aromatic nitrogens is 4. The number of nitrogens with zero attached hydrogens (tertiary/aromatic N) is 6. The van der Waals surface area contributed by atoms with Crippen LogP contribution in [0.5, 0.6) is 0 Å². The van der Waals surface area contributed by atoms with Crippen LogP contribution in [0.3, 0.4) is 0 Å². The molecule has 5 rings (SSSR count). The number of likely N-dealkylation sites (tertiary alicyclic amines) is 1. The van der Waals surface area contributed by atoms with Crippen molar-refractivity contribution in [3.05, 3.63) is 59.2 Å². The van der Waals surface area contributed by atoms with Gasteiger partial charge in [-0.2, -0.15) is 10.4 Å². The lowest BCUT2D eigenvalue weighted by atomic mass is 9.95. The monoisotopic (exact) mass is 688 g/mol. The third kappa shape index (κ3) is 9.09. The molecule has 1 aliphatic rings. The third-order valence-corrected chi connectivity index (χ3v) is 12.6. The van der Waals surface area contributed by atoms with Crippen molar-refractivity contribution in [2.75, 3.05) is 26.3 Å². The molecule has 0 saturated carbocycles. The van der Waals surface area contributed by atoms with E-state index in [1.165, 1.54) is 0 Å². The van der Waals surface area contributed by atoms with E-state index in [0.29, 0.717) is 38.8 Å². The van der Waals surface area contributed by atoms with Gasteiger partial charge in [0.25, 0.3) is 0 Å². The van der Waals surface area contributed by atoms with Gasteiger partial charge in [0.05, 0.1) is 23.2 Å². The number of rotatable bonds is 15. The Morgan fingerprint density at radius 2 is 1.71 bits per heavy atom. The Balaban J connectivity index is 1.55. The second kappa shape index (κ2) is 15.2. The molecule has 11 heteroatoms. The maximum Gasteiger partial charge on any atom is 0.163 e. The van der Waals surface area contributed by atoms with Crippen LogP contribution in [0.2, 0.25) is 51.4 Å². The first kappa shape index (κ1) is 36.1. The van der Waals surface area contributed by atoms with Gasteiger partial charge in [0.15, 0.2) is 5.82 Å². The predicted octanol–water partition coefficient (Wildman–Crippen LogP) is 8.55. The minimum Gasteiger partial charge on any atom is -0.361 e. The van der Waals surface area contributed by atoms with Gasteiger partial charge in [0.2, 0.25) is 0 Å². The van der Waals surface area contributed by atoms with Crippen LogP contribution in [0.25, 0.3) is 33.5 Å². The standard InChI is InChI=1S/C37H53FN6O2Si2/c1-9-29-18-27(2)34(38)20-33(29)30-10-11-32-35(19-30)44(26-46-15-17-48(6,7)8)41-36(32)37-40-31(23-42-13-12-28(21-39)22-42)24-43(37)25-45-14-16-47(3,4)5/h10-11,18-20,24,28H,9,12-17,22-23,25-26H2,1-8H3. The van der Waals surface area contributed by atoms with Gasteiger partial charge < -0.3 is 14.0 Å². The van der Waals surface area contributed by atoms with Crippen LogP contribution in [0.15, 0.2) is 36.5 Å². The first-order chi connectivity index (χ1) is 22.7. The Kier molecular flexibility index (Phi) is 11.4. The molecular formula is C37H53FN6O2Si2. The van der Waals surface area contributed by atoms with Gasteiger partial charge in [0.1, 0.15) is 25.0 Å². The average Bonchev–Trinajstić information content (AvgIpc) is 3.74. The zero-order valence-corrected chi connectivity index (χ0v) is 32.2. The van der Waals surface area contributed by atoms with Gasteiger partial charge in [-0.3, -0.25) is 4.90 Å². The molecule has 1 unspecified atom stereocenters. The van der Waals surface area contributed by atoms with Gasteiger partial charge >= 0.3 is 0 Å². The summed E-state index contributed by atoms with van der Waals surface area (Å²) in [7, 11) is -2.51. The fourth-order valence-electron chi connectivity index (χ4n) is 6.12. The molecule has 1 saturated heterocycles. The van der Waals surface area contributed by atoms with E-state index in [2.05, 4.69) is 86.1 Å². The maximum atomic E-state index is 14.9. The number of nitriles is 1. The number of benzene rings is 2. The van der Waals surface area contributed by atoms with E-state index in [1.807, 2.05) is 17.7 Å². The molecule has 1 fully saturated rings. The Labute approximate surface area is 287 Å². The molecule has 0 aliphatic carbocycles. The Morgan fingerprint density at radius 3 is 2.35 bits per heavy atom. The van der Waals surface area contributed by atoms with Crippen LogP contribution >= 0.6 is 0 Å².